The highest BCUT2D eigenvalue weighted by Gasteiger charge is 2.35. The zero-order valence-electron chi connectivity index (χ0n) is 16.5. The molecule has 8 heteroatoms. The van der Waals surface area contributed by atoms with Gasteiger partial charge in [-0.05, 0) is 37.1 Å². The van der Waals surface area contributed by atoms with Crippen LogP contribution >= 0.6 is 11.8 Å². The third kappa shape index (κ3) is 4.15. The Kier molecular flexibility index (Phi) is 5.97. The van der Waals surface area contributed by atoms with Gasteiger partial charge in [-0.15, -0.1) is 22.7 Å². The first-order valence-electron chi connectivity index (χ1n) is 9.82. The third-order valence-electron chi connectivity index (χ3n) is 5.21. The van der Waals surface area contributed by atoms with Gasteiger partial charge in [0.1, 0.15) is 4.90 Å². The van der Waals surface area contributed by atoms with Crippen molar-refractivity contribution in [3.63, 3.8) is 0 Å². The Balaban J connectivity index is 1.50. The quantitative estimate of drug-likeness (QED) is 0.565. The van der Waals surface area contributed by atoms with E-state index in [1.807, 2.05) is 35.2 Å². The number of sulfonamides is 1. The number of hydrogen-bond donors (Lipinski definition) is 1. The molecular formula is C22H23N3O3S2. The van der Waals surface area contributed by atoms with Crippen molar-refractivity contribution in [2.24, 2.45) is 10.3 Å². The predicted octanol–water partition coefficient (Wildman–Crippen LogP) is 3.76. The molecule has 1 amide bonds. The van der Waals surface area contributed by atoms with E-state index in [4.69, 9.17) is 0 Å². The Morgan fingerprint density at radius 3 is 2.83 bits per heavy atom. The molecule has 2 aliphatic heterocycles. The van der Waals surface area contributed by atoms with E-state index in [0.717, 1.165) is 29.2 Å². The molecule has 2 aromatic rings. The molecule has 0 aliphatic carbocycles. The van der Waals surface area contributed by atoms with Crippen molar-refractivity contribution >= 4 is 39.2 Å². The molecule has 6 nitrogen and oxygen atoms in total. The normalized spacial score (nSPS) is 19.7. The topological polar surface area (TPSA) is 78.8 Å². The summed E-state index contributed by atoms with van der Waals surface area (Å²) < 4.78 is 28.8. The van der Waals surface area contributed by atoms with E-state index >= 15 is 0 Å². The summed E-state index contributed by atoms with van der Waals surface area (Å²) in [6.07, 6.45) is 3.38. The van der Waals surface area contributed by atoms with Gasteiger partial charge in [0, 0.05) is 29.3 Å². The molecule has 1 unspecified atom stereocenters. The van der Waals surface area contributed by atoms with Crippen LogP contribution in [0, 0.1) is 5.92 Å². The summed E-state index contributed by atoms with van der Waals surface area (Å²) in [5, 5.41) is 3.06. The van der Waals surface area contributed by atoms with Crippen molar-refractivity contribution in [2.75, 3.05) is 24.2 Å². The maximum absolute atomic E-state index is 13.0. The van der Waals surface area contributed by atoms with Crippen molar-refractivity contribution in [3.8, 4) is 0 Å². The lowest BCUT2D eigenvalue weighted by Crippen LogP contribution is -2.43. The van der Waals surface area contributed by atoms with E-state index < -0.39 is 10.0 Å². The fourth-order valence-corrected chi connectivity index (χ4v) is 5.75. The van der Waals surface area contributed by atoms with Crippen molar-refractivity contribution in [3.05, 3.63) is 66.7 Å². The first kappa shape index (κ1) is 20.7. The predicted molar refractivity (Wildman–Crippen MR) is 120 cm³/mol. The summed E-state index contributed by atoms with van der Waals surface area (Å²) in [6.45, 7) is 4.86. The Morgan fingerprint density at radius 1 is 1.23 bits per heavy atom. The average Bonchev–Trinajstić information content (AvgIpc) is 3.04. The number of carbonyl (C=O) groups is 1. The minimum atomic E-state index is -3.67. The van der Waals surface area contributed by atoms with Crippen molar-refractivity contribution in [1.29, 1.82) is 0 Å². The molecule has 0 bridgehead atoms. The molecule has 1 atom stereocenters. The second-order valence-electron chi connectivity index (χ2n) is 7.26. The minimum Gasteiger partial charge on any atom is -0.355 e. The number of thioether (sulfide) groups is 1. The van der Waals surface area contributed by atoms with Crippen molar-refractivity contribution in [2.45, 2.75) is 22.6 Å². The Morgan fingerprint density at radius 2 is 2.00 bits per heavy atom. The lowest BCUT2D eigenvalue weighted by Gasteiger charge is -2.33. The lowest BCUT2D eigenvalue weighted by molar-refractivity contribution is -0.121. The van der Waals surface area contributed by atoms with E-state index in [1.54, 1.807) is 36.0 Å². The number of carbonyl (C=O) groups excluding carboxylic acids is 1. The van der Waals surface area contributed by atoms with Gasteiger partial charge in [-0.2, -0.15) is 8.42 Å². The number of hydrogen-bond acceptors (Lipinski definition) is 5. The van der Waals surface area contributed by atoms with Crippen LogP contribution in [-0.4, -0.2) is 43.9 Å². The second kappa shape index (κ2) is 8.65. The average molecular weight is 442 g/mol. The second-order valence-corrected chi connectivity index (χ2v) is 9.89. The molecule has 30 heavy (non-hydrogen) atoms. The van der Waals surface area contributed by atoms with E-state index in [1.165, 1.54) is 0 Å². The van der Waals surface area contributed by atoms with Gasteiger partial charge in [-0.1, -0.05) is 30.3 Å². The minimum absolute atomic E-state index is 0.0545. The first-order valence-corrected chi connectivity index (χ1v) is 12.2. The van der Waals surface area contributed by atoms with Crippen LogP contribution in [0.15, 0.2) is 75.4 Å². The maximum atomic E-state index is 13.0. The summed E-state index contributed by atoms with van der Waals surface area (Å²) in [5.74, 6) is 0.915. The standard InChI is InChI=1S/C22H23N3O3S2/c1-2-14-29-19-11-5-4-10-18(19)23-22(26)16-8-7-13-25(15-16)21-17-9-3-6-12-20(17)30(27,28)24-21/h2-6,9-12,16H,1,7-8,13-15H2,(H,23,26). The van der Waals surface area contributed by atoms with Gasteiger partial charge in [0.05, 0.1) is 11.6 Å². The van der Waals surface area contributed by atoms with Crippen LogP contribution in [0.25, 0.3) is 0 Å². The van der Waals surface area contributed by atoms with Crippen LogP contribution < -0.4 is 5.32 Å². The molecule has 0 radical (unpaired) electrons. The van der Waals surface area contributed by atoms with Crippen molar-refractivity contribution < 1.29 is 13.2 Å². The van der Waals surface area contributed by atoms with E-state index in [2.05, 4.69) is 16.3 Å². The highest BCUT2D eigenvalue weighted by atomic mass is 32.2. The number of likely N-dealkylation sites (tertiary alicyclic amines) is 1. The summed E-state index contributed by atoms with van der Waals surface area (Å²) in [4.78, 5) is 16.2. The fourth-order valence-electron chi connectivity index (χ4n) is 3.78. The summed E-state index contributed by atoms with van der Waals surface area (Å²) in [6, 6.07) is 14.6. The highest BCUT2D eigenvalue weighted by Crippen LogP contribution is 2.31. The number of nitrogens with one attached hydrogen (secondary N) is 1. The lowest BCUT2D eigenvalue weighted by atomic mass is 9.96. The Bertz CT molecular complexity index is 1110. The van der Waals surface area contributed by atoms with Crippen LogP contribution in [0.4, 0.5) is 5.69 Å². The number of para-hydroxylation sites is 1. The number of rotatable bonds is 5. The molecule has 156 valence electrons. The number of nitrogens with zero attached hydrogens (tertiary/aromatic N) is 2. The van der Waals surface area contributed by atoms with Crippen molar-refractivity contribution in [1.82, 2.24) is 4.90 Å². The molecule has 0 spiro atoms. The van der Waals surface area contributed by atoms with Crippen LogP contribution in [0.5, 0.6) is 0 Å². The molecule has 0 saturated carbocycles. The first-order chi connectivity index (χ1) is 14.5. The zero-order valence-corrected chi connectivity index (χ0v) is 18.1. The number of piperidine rings is 1. The zero-order chi connectivity index (χ0) is 21.1. The van der Waals surface area contributed by atoms with Gasteiger partial charge in [-0.3, -0.25) is 4.79 Å². The molecule has 4 rings (SSSR count). The molecule has 1 saturated heterocycles. The van der Waals surface area contributed by atoms with Crippen LogP contribution in [0.2, 0.25) is 0 Å². The number of anilines is 1. The molecule has 2 aliphatic rings. The summed E-state index contributed by atoms with van der Waals surface area (Å²) >= 11 is 1.62. The van der Waals surface area contributed by atoms with Crippen LogP contribution in [0.1, 0.15) is 18.4 Å². The number of amides is 1. The van der Waals surface area contributed by atoms with E-state index in [-0.39, 0.29) is 16.7 Å². The molecular weight excluding hydrogens is 418 g/mol. The van der Waals surface area contributed by atoms with Gasteiger partial charge in [-0.25, -0.2) is 0 Å². The van der Waals surface area contributed by atoms with E-state index in [0.29, 0.717) is 24.5 Å². The van der Waals surface area contributed by atoms with Crippen LogP contribution in [-0.2, 0) is 14.8 Å². The number of amidine groups is 1. The fraction of sp³-hybridized carbons (Fsp3) is 0.273. The molecule has 1 fully saturated rings. The highest BCUT2D eigenvalue weighted by molar-refractivity contribution is 7.99. The third-order valence-corrected chi connectivity index (χ3v) is 7.60. The number of fused-ring (bicyclic) bond motifs is 1. The van der Waals surface area contributed by atoms with Gasteiger partial charge in [0.2, 0.25) is 5.91 Å². The molecule has 2 heterocycles. The Hall–Kier alpha value is -2.58. The van der Waals surface area contributed by atoms with E-state index in [9.17, 15) is 13.2 Å². The SMILES string of the molecule is C=CCSc1ccccc1NC(=O)C1CCCN(C2=NS(=O)(=O)c3ccccc32)C1. The molecule has 1 N–H and O–H groups in total. The van der Waals surface area contributed by atoms with Crippen LogP contribution in [0.3, 0.4) is 0 Å². The monoisotopic (exact) mass is 441 g/mol. The Labute approximate surface area is 181 Å². The van der Waals surface area contributed by atoms with Gasteiger partial charge in [0.25, 0.3) is 10.0 Å². The summed E-state index contributed by atoms with van der Waals surface area (Å²) in [5.41, 5.74) is 1.40. The maximum Gasteiger partial charge on any atom is 0.285 e. The van der Waals surface area contributed by atoms with Gasteiger partial charge < -0.3 is 10.2 Å². The molecule has 2 aromatic carbocycles. The van der Waals surface area contributed by atoms with Gasteiger partial charge in [0.15, 0.2) is 5.84 Å². The number of benzene rings is 2. The molecule has 0 aromatic heterocycles. The van der Waals surface area contributed by atoms with Gasteiger partial charge >= 0.3 is 0 Å². The largest absolute Gasteiger partial charge is 0.355 e. The summed E-state index contributed by atoms with van der Waals surface area (Å²) in [7, 11) is -3.67. The smallest absolute Gasteiger partial charge is 0.285 e.